The molecular weight excluding hydrogens is 240 g/mol. The van der Waals surface area contributed by atoms with Crippen LogP contribution in [0.15, 0.2) is 36.7 Å². The molecule has 0 spiro atoms. The van der Waals surface area contributed by atoms with Crippen molar-refractivity contribution in [3.63, 3.8) is 0 Å². The van der Waals surface area contributed by atoms with Gasteiger partial charge in [0.05, 0.1) is 5.41 Å². The van der Waals surface area contributed by atoms with E-state index in [-0.39, 0.29) is 11.3 Å². The Hall–Kier alpha value is -2.17. The standard InChI is InChI=1S/C14H16N4O/c19-13(15-9-6-12-16-10-17-18-12)14(7-8-14)11-4-2-1-3-5-11/h1-5,10H,6-9H2,(H,15,19)(H,16,17,18). The summed E-state index contributed by atoms with van der Waals surface area (Å²) in [7, 11) is 0. The first-order chi connectivity index (χ1) is 9.31. The van der Waals surface area contributed by atoms with Crippen LogP contribution >= 0.6 is 0 Å². The fourth-order valence-electron chi connectivity index (χ4n) is 2.34. The van der Waals surface area contributed by atoms with Crippen molar-refractivity contribution in [3.8, 4) is 0 Å². The van der Waals surface area contributed by atoms with Crippen LogP contribution in [0.1, 0.15) is 24.2 Å². The molecule has 1 saturated carbocycles. The molecule has 1 fully saturated rings. The number of rotatable bonds is 5. The van der Waals surface area contributed by atoms with Gasteiger partial charge < -0.3 is 5.32 Å². The van der Waals surface area contributed by atoms with Crippen molar-refractivity contribution in [1.29, 1.82) is 0 Å². The highest BCUT2D eigenvalue weighted by atomic mass is 16.2. The van der Waals surface area contributed by atoms with Crippen molar-refractivity contribution in [2.45, 2.75) is 24.7 Å². The zero-order chi connectivity index (χ0) is 13.1. The van der Waals surface area contributed by atoms with Gasteiger partial charge in [0.1, 0.15) is 12.2 Å². The Morgan fingerprint density at radius 1 is 1.32 bits per heavy atom. The summed E-state index contributed by atoms with van der Waals surface area (Å²) in [6.45, 7) is 0.586. The zero-order valence-electron chi connectivity index (χ0n) is 10.6. The van der Waals surface area contributed by atoms with Crippen molar-refractivity contribution >= 4 is 5.91 Å². The first kappa shape index (κ1) is 11.9. The molecular formula is C14H16N4O. The summed E-state index contributed by atoms with van der Waals surface area (Å²) in [5.41, 5.74) is 0.829. The van der Waals surface area contributed by atoms with E-state index in [2.05, 4.69) is 20.5 Å². The third kappa shape index (κ3) is 2.36. The number of aromatic nitrogens is 3. The second-order valence-electron chi connectivity index (χ2n) is 4.89. The lowest BCUT2D eigenvalue weighted by Crippen LogP contribution is -2.36. The summed E-state index contributed by atoms with van der Waals surface area (Å²) in [6, 6.07) is 10.0. The van der Waals surface area contributed by atoms with Gasteiger partial charge in [-0.3, -0.25) is 9.89 Å². The molecule has 98 valence electrons. The third-order valence-electron chi connectivity index (χ3n) is 3.62. The van der Waals surface area contributed by atoms with E-state index in [0.29, 0.717) is 13.0 Å². The fourth-order valence-corrected chi connectivity index (χ4v) is 2.34. The number of nitrogens with one attached hydrogen (secondary N) is 2. The highest BCUT2D eigenvalue weighted by molar-refractivity contribution is 5.91. The van der Waals surface area contributed by atoms with E-state index in [0.717, 1.165) is 24.2 Å². The Balaban J connectivity index is 1.59. The van der Waals surface area contributed by atoms with E-state index < -0.39 is 0 Å². The van der Waals surface area contributed by atoms with E-state index in [9.17, 15) is 4.79 Å². The predicted molar refractivity (Wildman–Crippen MR) is 70.5 cm³/mol. The maximum Gasteiger partial charge on any atom is 0.230 e. The van der Waals surface area contributed by atoms with Gasteiger partial charge in [0, 0.05) is 13.0 Å². The van der Waals surface area contributed by atoms with E-state index in [1.165, 1.54) is 6.33 Å². The van der Waals surface area contributed by atoms with Crippen molar-refractivity contribution in [3.05, 3.63) is 48.0 Å². The topological polar surface area (TPSA) is 70.7 Å². The zero-order valence-corrected chi connectivity index (χ0v) is 10.6. The Kier molecular flexibility index (Phi) is 3.03. The van der Waals surface area contributed by atoms with E-state index >= 15 is 0 Å². The molecule has 5 heteroatoms. The smallest absolute Gasteiger partial charge is 0.230 e. The Morgan fingerprint density at radius 2 is 2.11 bits per heavy atom. The van der Waals surface area contributed by atoms with Gasteiger partial charge in [0.2, 0.25) is 5.91 Å². The van der Waals surface area contributed by atoms with Crippen LogP contribution in [0, 0.1) is 0 Å². The lowest BCUT2D eigenvalue weighted by molar-refractivity contribution is -0.123. The number of hydrogen-bond donors (Lipinski definition) is 2. The van der Waals surface area contributed by atoms with Gasteiger partial charge in [0.15, 0.2) is 0 Å². The lowest BCUT2D eigenvalue weighted by atomic mass is 9.95. The molecule has 0 radical (unpaired) electrons. The summed E-state index contributed by atoms with van der Waals surface area (Å²) in [4.78, 5) is 16.3. The number of H-pyrrole nitrogens is 1. The molecule has 5 nitrogen and oxygen atoms in total. The van der Waals surface area contributed by atoms with Gasteiger partial charge in [-0.05, 0) is 18.4 Å². The molecule has 0 saturated heterocycles. The quantitative estimate of drug-likeness (QED) is 0.844. The Morgan fingerprint density at radius 3 is 2.74 bits per heavy atom. The van der Waals surface area contributed by atoms with Crippen molar-refractivity contribution in [2.24, 2.45) is 0 Å². The molecule has 19 heavy (non-hydrogen) atoms. The number of aromatic amines is 1. The highest BCUT2D eigenvalue weighted by Gasteiger charge is 2.50. The van der Waals surface area contributed by atoms with Gasteiger partial charge in [0.25, 0.3) is 0 Å². The van der Waals surface area contributed by atoms with Crippen LogP contribution in [0.3, 0.4) is 0 Å². The molecule has 1 aromatic heterocycles. The summed E-state index contributed by atoms with van der Waals surface area (Å²) >= 11 is 0. The van der Waals surface area contributed by atoms with Crippen molar-refractivity contribution in [1.82, 2.24) is 20.5 Å². The number of carbonyl (C=O) groups is 1. The second-order valence-corrected chi connectivity index (χ2v) is 4.89. The molecule has 1 aliphatic carbocycles. The molecule has 0 aliphatic heterocycles. The van der Waals surface area contributed by atoms with Crippen LogP contribution in [0.4, 0.5) is 0 Å². The minimum atomic E-state index is -0.289. The number of benzene rings is 1. The second kappa shape index (κ2) is 4.84. The average molecular weight is 256 g/mol. The molecule has 0 atom stereocenters. The summed E-state index contributed by atoms with van der Waals surface area (Å²) in [6.07, 6.45) is 4.02. The van der Waals surface area contributed by atoms with Gasteiger partial charge in [-0.25, -0.2) is 4.98 Å². The summed E-state index contributed by atoms with van der Waals surface area (Å²) in [5.74, 6) is 0.920. The number of nitrogens with zero attached hydrogens (tertiary/aromatic N) is 2. The largest absolute Gasteiger partial charge is 0.355 e. The molecule has 2 aromatic rings. The Bertz CT molecular complexity index is 546. The molecule has 2 N–H and O–H groups in total. The summed E-state index contributed by atoms with van der Waals surface area (Å²) in [5, 5.41) is 9.56. The lowest BCUT2D eigenvalue weighted by Gasteiger charge is -2.15. The first-order valence-electron chi connectivity index (χ1n) is 6.49. The van der Waals surface area contributed by atoms with Crippen LogP contribution < -0.4 is 5.32 Å². The maximum atomic E-state index is 12.3. The van der Waals surface area contributed by atoms with E-state index in [1.807, 2.05) is 30.3 Å². The van der Waals surface area contributed by atoms with Crippen molar-refractivity contribution < 1.29 is 4.79 Å². The molecule has 0 bridgehead atoms. The summed E-state index contributed by atoms with van der Waals surface area (Å²) < 4.78 is 0. The van der Waals surface area contributed by atoms with Gasteiger partial charge in [-0.15, -0.1) is 0 Å². The molecule has 1 heterocycles. The third-order valence-corrected chi connectivity index (χ3v) is 3.62. The van der Waals surface area contributed by atoms with Gasteiger partial charge in [-0.1, -0.05) is 30.3 Å². The van der Waals surface area contributed by atoms with E-state index in [1.54, 1.807) is 0 Å². The number of hydrogen-bond acceptors (Lipinski definition) is 3. The maximum absolute atomic E-state index is 12.3. The number of carbonyl (C=O) groups excluding carboxylic acids is 1. The molecule has 1 aromatic carbocycles. The van der Waals surface area contributed by atoms with Gasteiger partial charge >= 0.3 is 0 Å². The molecule has 0 unspecified atom stereocenters. The molecule has 1 aliphatic rings. The highest BCUT2D eigenvalue weighted by Crippen LogP contribution is 2.48. The van der Waals surface area contributed by atoms with Crippen LogP contribution in [0.25, 0.3) is 0 Å². The number of amides is 1. The first-order valence-corrected chi connectivity index (χ1v) is 6.49. The van der Waals surface area contributed by atoms with Crippen LogP contribution in [0.2, 0.25) is 0 Å². The monoisotopic (exact) mass is 256 g/mol. The van der Waals surface area contributed by atoms with Crippen LogP contribution in [0.5, 0.6) is 0 Å². The van der Waals surface area contributed by atoms with E-state index in [4.69, 9.17) is 0 Å². The normalized spacial score (nSPS) is 16.0. The minimum Gasteiger partial charge on any atom is -0.355 e. The van der Waals surface area contributed by atoms with Crippen LogP contribution in [-0.4, -0.2) is 27.6 Å². The van der Waals surface area contributed by atoms with Gasteiger partial charge in [-0.2, -0.15) is 5.10 Å². The van der Waals surface area contributed by atoms with Crippen LogP contribution in [-0.2, 0) is 16.6 Å². The van der Waals surface area contributed by atoms with Crippen molar-refractivity contribution in [2.75, 3.05) is 6.54 Å². The minimum absolute atomic E-state index is 0.123. The SMILES string of the molecule is O=C(NCCc1ncn[nH]1)C1(c2ccccc2)CC1. The fraction of sp³-hybridized carbons (Fsp3) is 0.357. The molecule has 3 rings (SSSR count). The average Bonchev–Trinajstić information content (AvgIpc) is 3.11. The Labute approximate surface area is 111 Å². The molecule has 1 amide bonds. The predicted octanol–water partition coefficient (Wildman–Crippen LogP) is 1.20.